The zero-order valence-corrected chi connectivity index (χ0v) is 9.55. The summed E-state index contributed by atoms with van der Waals surface area (Å²) < 4.78 is 2.08. The highest BCUT2D eigenvalue weighted by molar-refractivity contribution is 8.79. The molecule has 0 fully saturated rings. The van der Waals surface area contributed by atoms with E-state index >= 15 is 0 Å². The van der Waals surface area contributed by atoms with Gasteiger partial charge in [-0.3, -0.25) is 0 Å². The van der Waals surface area contributed by atoms with Crippen LogP contribution in [-0.4, -0.2) is 24.9 Å². The second-order valence-corrected chi connectivity index (χ2v) is 5.17. The Kier molecular flexibility index (Phi) is 3.47. The van der Waals surface area contributed by atoms with Crippen LogP contribution in [0.3, 0.4) is 0 Å². The van der Waals surface area contributed by atoms with Crippen LogP contribution in [0.2, 0.25) is 0 Å². The number of nitrogens with zero attached hydrogens (tertiary/aromatic N) is 1. The molecule has 0 aromatic rings. The SMILES string of the molecule is CC1=CSS/C1=C(/C)C=[N+](C)C. The summed E-state index contributed by atoms with van der Waals surface area (Å²) in [5, 5.41) is 2.20. The molecular weight excluding hydrogens is 186 g/mol. The van der Waals surface area contributed by atoms with Gasteiger partial charge in [0.15, 0.2) is 6.21 Å². The second kappa shape index (κ2) is 4.19. The fourth-order valence-corrected chi connectivity index (χ4v) is 3.60. The molecule has 0 saturated heterocycles. The lowest BCUT2D eigenvalue weighted by Crippen LogP contribution is -2.00. The van der Waals surface area contributed by atoms with Crippen molar-refractivity contribution in [2.45, 2.75) is 13.8 Å². The maximum Gasteiger partial charge on any atom is 0.167 e. The Labute approximate surface area is 82.0 Å². The molecule has 0 bridgehead atoms. The predicted octanol–water partition coefficient (Wildman–Crippen LogP) is 2.90. The van der Waals surface area contributed by atoms with Crippen LogP contribution in [0, 0.1) is 0 Å². The van der Waals surface area contributed by atoms with Gasteiger partial charge in [0.05, 0.1) is 0 Å². The van der Waals surface area contributed by atoms with Crippen molar-refractivity contribution in [3.8, 4) is 0 Å². The molecule has 1 nitrogen and oxygen atoms in total. The minimum atomic E-state index is 1.35. The summed E-state index contributed by atoms with van der Waals surface area (Å²) in [5.74, 6) is 0. The summed E-state index contributed by atoms with van der Waals surface area (Å²) >= 11 is 0. The van der Waals surface area contributed by atoms with Crippen molar-refractivity contribution in [2.24, 2.45) is 0 Å². The van der Waals surface area contributed by atoms with Crippen molar-refractivity contribution in [1.29, 1.82) is 0 Å². The number of hydrogen-bond donors (Lipinski definition) is 0. The van der Waals surface area contributed by atoms with Gasteiger partial charge in [-0.1, -0.05) is 21.6 Å². The average molecular weight is 200 g/mol. The van der Waals surface area contributed by atoms with E-state index in [1.54, 1.807) is 10.8 Å². The third-order valence-electron chi connectivity index (χ3n) is 1.52. The van der Waals surface area contributed by atoms with E-state index in [2.05, 4.69) is 44.1 Å². The number of rotatable bonds is 1. The fraction of sp³-hybridized carbons (Fsp3) is 0.444. The molecule has 0 atom stereocenters. The maximum atomic E-state index is 2.20. The summed E-state index contributed by atoms with van der Waals surface area (Å²) in [4.78, 5) is 1.41. The Morgan fingerprint density at radius 3 is 2.58 bits per heavy atom. The quantitative estimate of drug-likeness (QED) is 0.364. The molecule has 3 heteroatoms. The van der Waals surface area contributed by atoms with E-state index in [4.69, 9.17) is 0 Å². The molecule has 0 radical (unpaired) electrons. The standard InChI is InChI=1S/C9H14NS2/c1-7(5-10(3)4)9-8(2)6-11-12-9/h5-6H,1-4H3/q+1/b9-7-. The van der Waals surface area contributed by atoms with Gasteiger partial charge in [-0.25, -0.2) is 4.58 Å². The Bertz CT molecular complexity index is 270. The molecule has 12 heavy (non-hydrogen) atoms. The molecule has 0 amide bonds. The van der Waals surface area contributed by atoms with Crippen molar-refractivity contribution in [3.05, 3.63) is 21.5 Å². The van der Waals surface area contributed by atoms with Gasteiger partial charge < -0.3 is 0 Å². The lowest BCUT2D eigenvalue weighted by molar-refractivity contribution is -0.459. The van der Waals surface area contributed by atoms with E-state index in [0.717, 1.165) is 0 Å². The molecule has 0 N–H and O–H groups in total. The third kappa shape index (κ3) is 2.42. The highest BCUT2D eigenvalue weighted by atomic mass is 33.1. The van der Waals surface area contributed by atoms with E-state index in [-0.39, 0.29) is 0 Å². The topological polar surface area (TPSA) is 3.01 Å². The Morgan fingerprint density at radius 2 is 2.17 bits per heavy atom. The van der Waals surface area contributed by atoms with Gasteiger partial charge in [0.1, 0.15) is 14.1 Å². The first kappa shape index (κ1) is 9.93. The van der Waals surface area contributed by atoms with E-state index < -0.39 is 0 Å². The van der Waals surface area contributed by atoms with Gasteiger partial charge in [-0.15, -0.1) is 0 Å². The molecule has 1 aliphatic rings. The van der Waals surface area contributed by atoms with Gasteiger partial charge in [0.2, 0.25) is 0 Å². The minimum absolute atomic E-state index is 1.35. The first-order valence-corrected chi connectivity index (χ1v) is 6.05. The van der Waals surface area contributed by atoms with Crippen LogP contribution in [0.15, 0.2) is 21.5 Å². The molecule has 1 aliphatic heterocycles. The molecule has 1 heterocycles. The molecule has 66 valence electrons. The summed E-state index contributed by atoms with van der Waals surface area (Å²) in [7, 11) is 7.75. The smallest absolute Gasteiger partial charge is 0.167 e. The van der Waals surface area contributed by atoms with Crippen LogP contribution in [-0.2, 0) is 0 Å². The number of allylic oxidation sites excluding steroid dienone is 2. The first-order valence-electron chi connectivity index (χ1n) is 3.84. The van der Waals surface area contributed by atoms with Crippen molar-refractivity contribution < 1.29 is 4.58 Å². The van der Waals surface area contributed by atoms with Gasteiger partial charge in [0, 0.05) is 10.5 Å². The minimum Gasteiger partial charge on any atom is -0.241 e. The predicted molar refractivity (Wildman–Crippen MR) is 59.8 cm³/mol. The maximum absolute atomic E-state index is 2.20. The zero-order valence-electron chi connectivity index (χ0n) is 7.92. The monoisotopic (exact) mass is 200 g/mol. The Hall–Kier alpha value is -0.150. The molecule has 0 aromatic carbocycles. The lowest BCUT2D eigenvalue weighted by Gasteiger charge is -1.98. The van der Waals surface area contributed by atoms with Gasteiger partial charge in [0.25, 0.3) is 0 Å². The van der Waals surface area contributed by atoms with E-state index in [1.165, 1.54) is 16.1 Å². The Balaban J connectivity index is 2.91. The normalized spacial score (nSPS) is 20.5. The first-order chi connectivity index (χ1) is 5.61. The van der Waals surface area contributed by atoms with Crippen LogP contribution in [0.1, 0.15) is 13.8 Å². The van der Waals surface area contributed by atoms with E-state index in [0.29, 0.717) is 0 Å². The van der Waals surface area contributed by atoms with E-state index in [9.17, 15) is 0 Å². The second-order valence-electron chi connectivity index (χ2n) is 3.09. The highest BCUT2D eigenvalue weighted by Gasteiger charge is 2.12. The molecule has 0 spiro atoms. The summed E-state index contributed by atoms with van der Waals surface area (Å²) in [6.45, 7) is 4.32. The van der Waals surface area contributed by atoms with E-state index in [1.807, 2.05) is 10.8 Å². The van der Waals surface area contributed by atoms with Crippen molar-refractivity contribution in [2.75, 3.05) is 14.1 Å². The zero-order chi connectivity index (χ0) is 9.14. The lowest BCUT2D eigenvalue weighted by atomic mass is 10.2. The van der Waals surface area contributed by atoms with Gasteiger partial charge in [-0.2, -0.15) is 0 Å². The fourth-order valence-electron chi connectivity index (χ4n) is 1.09. The molecule has 1 rings (SSSR count). The van der Waals surface area contributed by atoms with Crippen LogP contribution < -0.4 is 0 Å². The van der Waals surface area contributed by atoms with Crippen molar-refractivity contribution >= 4 is 27.8 Å². The number of hydrogen-bond acceptors (Lipinski definition) is 2. The molecule has 0 unspecified atom stereocenters. The molecule has 0 aromatic heterocycles. The van der Waals surface area contributed by atoms with Crippen LogP contribution in [0.4, 0.5) is 0 Å². The average Bonchev–Trinajstić information content (AvgIpc) is 2.33. The molecular formula is C9H14NS2+. The van der Waals surface area contributed by atoms with Gasteiger partial charge in [-0.05, 0) is 24.8 Å². The van der Waals surface area contributed by atoms with Crippen molar-refractivity contribution in [1.82, 2.24) is 0 Å². The van der Waals surface area contributed by atoms with Crippen LogP contribution >= 0.6 is 21.6 Å². The molecule has 0 aliphatic carbocycles. The summed E-state index contributed by atoms with van der Waals surface area (Å²) in [6, 6.07) is 0. The third-order valence-corrected chi connectivity index (χ3v) is 3.96. The van der Waals surface area contributed by atoms with Crippen LogP contribution in [0.5, 0.6) is 0 Å². The van der Waals surface area contributed by atoms with Crippen molar-refractivity contribution in [3.63, 3.8) is 0 Å². The highest BCUT2D eigenvalue weighted by Crippen LogP contribution is 2.44. The largest absolute Gasteiger partial charge is 0.241 e. The Morgan fingerprint density at radius 1 is 1.50 bits per heavy atom. The van der Waals surface area contributed by atoms with Crippen LogP contribution in [0.25, 0.3) is 0 Å². The molecule has 0 saturated carbocycles. The van der Waals surface area contributed by atoms with Gasteiger partial charge >= 0.3 is 0 Å². The summed E-state index contributed by atoms with van der Waals surface area (Å²) in [6.07, 6.45) is 2.16. The summed E-state index contributed by atoms with van der Waals surface area (Å²) in [5.41, 5.74) is 2.74.